The number of ether oxygens (including phenoxy) is 2. The number of benzene rings is 3. The van der Waals surface area contributed by atoms with Crippen LogP contribution in [-0.2, 0) is 4.57 Å². The van der Waals surface area contributed by atoms with E-state index in [2.05, 4.69) is 21.0 Å². The van der Waals surface area contributed by atoms with Crippen molar-refractivity contribution in [3.63, 3.8) is 0 Å². The quantitative estimate of drug-likeness (QED) is 0.404. The number of nitrogens with one attached hydrogen (secondary N) is 1. The van der Waals surface area contributed by atoms with Crippen LogP contribution in [0.5, 0.6) is 23.0 Å². The molecule has 0 aliphatic rings. The van der Waals surface area contributed by atoms with E-state index in [1.807, 2.05) is 12.1 Å². The third-order valence-electron chi connectivity index (χ3n) is 3.69. The van der Waals surface area contributed by atoms with Gasteiger partial charge in [-0.05, 0) is 48.5 Å². The standard InChI is InChI=1S/C20H19BrNO5P/c1-24-17-7-3-5-9-19(17)26-28(23,22-16-13-11-15(21)12-14-16)27-20-10-6-4-8-18(20)25-2/h3-14H,1-2H3,(H,22,23). The molecule has 3 aromatic rings. The molecule has 8 heteroatoms. The lowest BCUT2D eigenvalue weighted by Crippen LogP contribution is -2.10. The Morgan fingerprint density at radius 1 is 0.714 bits per heavy atom. The van der Waals surface area contributed by atoms with E-state index in [4.69, 9.17) is 18.5 Å². The van der Waals surface area contributed by atoms with Crippen LogP contribution in [0.1, 0.15) is 0 Å². The lowest BCUT2D eigenvalue weighted by atomic mass is 10.3. The summed E-state index contributed by atoms with van der Waals surface area (Å²) in [6.45, 7) is 0. The first-order valence-corrected chi connectivity index (χ1v) is 10.7. The van der Waals surface area contributed by atoms with Crippen molar-refractivity contribution < 1.29 is 23.1 Å². The molecule has 0 atom stereocenters. The average molecular weight is 464 g/mol. The van der Waals surface area contributed by atoms with Gasteiger partial charge in [-0.1, -0.05) is 40.2 Å². The van der Waals surface area contributed by atoms with E-state index < -0.39 is 7.75 Å². The first-order chi connectivity index (χ1) is 13.5. The summed E-state index contributed by atoms with van der Waals surface area (Å²) in [7, 11) is -0.885. The van der Waals surface area contributed by atoms with Gasteiger partial charge in [0.2, 0.25) is 0 Å². The highest BCUT2D eigenvalue weighted by Gasteiger charge is 2.31. The van der Waals surface area contributed by atoms with Crippen molar-refractivity contribution in [2.75, 3.05) is 19.3 Å². The van der Waals surface area contributed by atoms with Crippen molar-refractivity contribution in [1.82, 2.24) is 0 Å². The summed E-state index contributed by atoms with van der Waals surface area (Å²) in [6, 6.07) is 21.0. The molecule has 0 radical (unpaired) electrons. The Morgan fingerprint density at radius 3 is 1.57 bits per heavy atom. The number of hydrogen-bond acceptors (Lipinski definition) is 5. The molecule has 1 N–H and O–H groups in total. The molecule has 0 aromatic heterocycles. The molecule has 146 valence electrons. The highest BCUT2D eigenvalue weighted by molar-refractivity contribution is 9.10. The van der Waals surface area contributed by atoms with Crippen LogP contribution in [-0.4, -0.2) is 14.2 Å². The second-order valence-electron chi connectivity index (χ2n) is 5.60. The predicted molar refractivity (Wildman–Crippen MR) is 113 cm³/mol. The summed E-state index contributed by atoms with van der Waals surface area (Å²) in [5, 5.41) is 2.86. The molecule has 0 spiro atoms. The van der Waals surface area contributed by atoms with Gasteiger partial charge in [0.1, 0.15) is 0 Å². The summed E-state index contributed by atoms with van der Waals surface area (Å²) in [6.07, 6.45) is 0. The van der Waals surface area contributed by atoms with Gasteiger partial charge in [-0.2, -0.15) is 0 Å². The molecule has 3 aromatic carbocycles. The van der Waals surface area contributed by atoms with Gasteiger partial charge >= 0.3 is 7.75 Å². The van der Waals surface area contributed by atoms with Crippen LogP contribution in [0.25, 0.3) is 0 Å². The molecule has 0 heterocycles. The molecule has 0 saturated heterocycles. The Bertz CT molecular complexity index is 927. The molecular formula is C20H19BrNO5P. The highest BCUT2D eigenvalue weighted by atomic mass is 79.9. The van der Waals surface area contributed by atoms with Crippen molar-refractivity contribution in [1.29, 1.82) is 0 Å². The first kappa shape index (κ1) is 20.1. The zero-order valence-electron chi connectivity index (χ0n) is 15.3. The van der Waals surface area contributed by atoms with Crippen LogP contribution in [0.2, 0.25) is 0 Å². The van der Waals surface area contributed by atoms with Crippen molar-refractivity contribution in [3.05, 3.63) is 77.3 Å². The van der Waals surface area contributed by atoms with Gasteiger partial charge in [-0.15, -0.1) is 0 Å². The third-order valence-corrected chi connectivity index (χ3v) is 5.62. The monoisotopic (exact) mass is 463 g/mol. The van der Waals surface area contributed by atoms with Gasteiger partial charge in [-0.25, -0.2) is 4.57 Å². The summed E-state index contributed by atoms with van der Waals surface area (Å²) < 4.78 is 36.7. The van der Waals surface area contributed by atoms with Crippen molar-refractivity contribution in [2.45, 2.75) is 0 Å². The summed E-state index contributed by atoms with van der Waals surface area (Å²) in [5.41, 5.74) is 0.566. The van der Waals surface area contributed by atoms with Crippen LogP contribution >= 0.6 is 23.7 Å². The van der Waals surface area contributed by atoms with Gasteiger partial charge in [0.05, 0.1) is 14.2 Å². The number of hydrogen-bond donors (Lipinski definition) is 1. The van der Waals surface area contributed by atoms with E-state index in [-0.39, 0.29) is 11.5 Å². The van der Waals surface area contributed by atoms with Gasteiger partial charge in [-0.3, -0.25) is 5.09 Å². The third kappa shape index (κ3) is 5.00. The molecule has 6 nitrogen and oxygen atoms in total. The van der Waals surface area contributed by atoms with E-state index in [0.717, 1.165) is 4.47 Å². The van der Waals surface area contributed by atoms with Crippen molar-refractivity contribution >= 4 is 29.4 Å². The summed E-state index contributed by atoms with van der Waals surface area (Å²) >= 11 is 3.38. The number of rotatable bonds is 8. The number of para-hydroxylation sites is 4. The molecule has 0 aliphatic heterocycles. The normalized spacial score (nSPS) is 10.8. The Kier molecular flexibility index (Phi) is 6.49. The molecule has 0 saturated carbocycles. The average Bonchev–Trinajstić information content (AvgIpc) is 2.70. The summed E-state index contributed by atoms with van der Waals surface area (Å²) in [4.78, 5) is 0. The number of methoxy groups -OCH3 is 2. The van der Waals surface area contributed by atoms with Crippen LogP contribution in [0.15, 0.2) is 77.3 Å². The topological polar surface area (TPSA) is 66.0 Å². The molecule has 0 aliphatic carbocycles. The van der Waals surface area contributed by atoms with E-state index in [0.29, 0.717) is 17.2 Å². The fraction of sp³-hybridized carbons (Fsp3) is 0.100. The molecule has 0 amide bonds. The maximum Gasteiger partial charge on any atom is 0.541 e. The molecular weight excluding hydrogens is 445 g/mol. The van der Waals surface area contributed by atoms with Crippen molar-refractivity contribution in [3.8, 4) is 23.0 Å². The first-order valence-electron chi connectivity index (χ1n) is 8.32. The highest BCUT2D eigenvalue weighted by Crippen LogP contribution is 2.51. The second-order valence-corrected chi connectivity index (χ2v) is 8.10. The minimum atomic E-state index is -3.91. The van der Waals surface area contributed by atoms with Crippen LogP contribution in [0.3, 0.4) is 0 Å². The molecule has 28 heavy (non-hydrogen) atoms. The lowest BCUT2D eigenvalue weighted by Gasteiger charge is -2.22. The Morgan fingerprint density at radius 2 is 1.14 bits per heavy atom. The van der Waals surface area contributed by atoms with E-state index in [1.165, 1.54) is 14.2 Å². The fourth-order valence-electron chi connectivity index (χ4n) is 2.39. The van der Waals surface area contributed by atoms with E-state index in [9.17, 15) is 4.57 Å². The smallest absolute Gasteiger partial charge is 0.493 e. The number of anilines is 1. The largest absolute Gasteiger partial charge is 0.541 e. The minimum absolute atomic E-state index is 0.285. The van der Waals surface area contributed by atoms with Crippen molar-refractivity contribution in [2.24, 2.45) is 0 Å². The zero-order chi connectivity index (χ0) is 20.0. The van der Waals surface area contributed by atoms with E-state index >= 15 is 0 Å². The van der Waals surface area contributed by atoms with E-state index in [1.54, 1.807) is 60.7 Å². The zero-order valence-corrected chi connectivity index (χ0v) is 17.8. The summed E-state index contributed by atoms with van der Waals surface area (Å²) in [5.74, 6) is 1.44. The van der Waals surface area contributed by atoms with Gasteiger partial charge in [0, 0.05) is 10.2 Å². The Labute approximate surface area is 172 Å². The fourth-order valence-corrected chi connectivity index (χ4v) is 4.07. The van der Waals surface area contributed by atoms with Gasteiger partial charge in [0.25, 0.3) is 0 Å². The predicted octanol–water partition coefficient (Wildman–Crippen LogP) is 6.14. The van der Waals surface area contributed by atoms with Crippen LogP contribution in [0.4, 0.5) is 5.69 Å². The minimum Gasteiger partial charge on any atom is -0.493 e. The Balaban J connectivity index is 1.97. The second kappa shape index (κ2) is 9.04. The SMILES string of the molecule is COc1ccccc1OP(=O)(Nc1ccc(Br)cc1)Oc1ccccc1OC. The molecule has 3 rings (SSSR count). The van der Waals surface area contributed by atoms with Crippen LogP contribution in [0, 0.1) is 0 Å². The maximum absolute atomic E-state index is 13.7. The molecule has 0 unspecified atom stereocenters. The molecule has 0 fully saturated rings. The van der Waals surface area contributed by atoms with Gasteiger partial charge in [0.15, 0.2) is 23.0 Å². The van der Waals surface area contributed by atoms with Crippen LogP contribution < -0.4 is 23.6 Å². The number of halogens is 1. The lowest BCUT2D eigenvalue weighted by molar-refractivity contribution is 0.350. The molecule has 0 bridgehead atoms. The Hall–Kier alpha value is -2.63. The van der Waals surface area contributed by atoms with Gasteiger partial charge < -0.3 is 18.5 Å². The maximum atomic E-state index is 13.7.